The summed E-state index contributed by atoms with van der Waals surface area (Å²) in [7, 11) is 0. The van der Waals surface area contributed by atoms with Gasteiger partial charge >= 0.3 is 0 Å². The van der Waals surface area contributed by atoms with E-state index in [1.54, 1.807) is 6.20 Å². The van der Waals surface area contributed by atoms with Crippen molar-refractivity contribution in [3.8, 4) is 0 Å². The van der Waals surface area contributed by atoms with E-state index in [1.165, 1.54) is 22.2 Å². The van der Waals surface area contributed by atoms with Crippen LogP contribution in [0.5, 0.6) is 0 Å². The van der Waals surface area contributed by atoms with Gasteiger partial charge in [-0.2, -0.15) is 0 Å². The van der Waals surface area contributed by atoms with Crippen molar-refractivity contribution in [1.82, 2.24) is 19.9 Å². The lowest BCUT2D eigenvalue weighted by atomic mass is 10.0. The number of aromatic nitrogens is 3. The number of fused-ring (bicyclic) bond motifs is 1. The Hall–Kier alpha value is -2.56. The van der Waals surface area contributed by atoms with Crippen molar-refractivity contribution >= 4 is 16.8 Å². The van der Waals surface area contributed by atoms with E-state index < -0.39 is 0 Å². The first-order valence-corrected chi connectivity index (χ1v) is 9.27. The molecule has 0 unspecified atom stereocenters. The van der Waals surface area contributed by atoms with Crippen molar-refractivity contribution in [3.63, 3.8) is 0 Å². The van der Waals surface area contributed by atoms with Crippen LogP contribution in [-0.2, 0) is 17.8 Å². The van der Waals surface area contributed by atoms with Crippen LogP contribution < -0.4 is 5.32 Å². The lowest BCUT2D eigenvalue weighted by Crippen LogP contribution is -2.25. The Morgan fingerprint density at radius 1 is 1.31 bits per heavy atom. The first-order chi connectivity index (χ1) is 12.4. The van der Waals surface area contributed by atoms with E-state index >= 15 is 0 Å². The number of hydrogen-bond donors (Lipinski definition) is 2. The summed E-state index contributed by atoms with van der Waals surface area (Å²) >= 11 is 0. The predicted molar refractivity (Wildman–Crippen MR) is 105 cm³/mol. The molecule has 0 spiro atoms. The summed E-state index contributed by atoms with van der Waals surface area (Å²) in [5.74, 6) is 0.985. The average molecular weight is 352 g/mol. The van der Waals surface area contributed by atoms with Crippen LogP contribution in [0.15, 0.2) is 24.5 Å². The van der Waals surface area contributed by atoms with Crippen LogP contribution in [-0.4, -0.2) is 20.4 Å². The minimum atomic E-state index is 0.0549. The molecule has 0 aliphatic rings. The highest BCUT2D eigenvalue weighted by Gasteiger charge is 2.14. The molecule has 0 fully saturated rings. The van der Waals surface area contributed by atoms with E-state index in [2.05, 4.69) is 48.2 Å². The third-order valence-electron chi connectivity index (χ3n) is 5.14. The van der Waals surface area contributed by atoms with Crippen LogP contribution >= 0.6 is 0 Å². The largest absolute Gasteiger partial charge is 0.358 e. The molecule has 5 nitrogen and oxygen atoms in total. The first kappa shape index (κ1) is 18.2. The predicted octanol–water partition coefficient (Wildman–Crippen LogP) is 4.12. The second-order valence-corrected chi connectivity index (χ2v) is 7.14. The van der Waals surface area contributed by atoms with Crippen molar-refractivity contribution in [3.05, 3.63) is 52.7 Å². The number of imidazole rings is 1. The van der Waals surface area contributed by atoms with Gasteiger partial charge in [0, 0.05) is 42.5 Å². The highest BCUT2D eigenvalue weighted by Crippen LogP contribution is 2.26. The molecule has 3 rings (SSSR count). The van der Waals surface area contributed by atoms with Gasteiger partial charge in [-0.15, -0.1) is 0 Å². The number of hydrogen-bond acceptors (Lipinski definition) is 2. The van der Waals surface area contributed by atoms with Crippen molar-refractivity contribution < 1.29 is 4.79 Å². The van der Waals surface area contributed by atoms with E-state index in [4.69, 9.17) is 0 Å². The van der Waals surface area contributed by atoms with Gasteiger partial charge in [-0.05, 0) is 51.3 Å². The topological polar surface area (TPSA) is 62.7 Å². The Morgan fingerprint density at radius 3 is 2.73 bits per heavy atom. The van der Waals surface area contributed by atoms with E-state index in [9.17, 15) is 4.79 Å². The minimum absolute atomic E-state index is 0.0549. The van der Waals surface area contributed by atoms with E-state index in [1.807, 2.05) is 24.6 Å². The maximum Gasteiger partial charge on any atom is 0.222 e. The van der Waals surface area contributed by atoms with Crippen molar-refractivity contribution in [2.24, 2.45) is 0 Å². The number of carbonyl (C=O) groups excluding carboxylic acids is 1. The smallest absolute Gasteiger partial charge is 0.222 e. The number of carbonyl (C=O) groups is 1. The lowest BCUT2D eigenvalue weighted by molar-refractivity contribution is -0.121. The van der Waals surface area contributed by atoms with E-state index in [-0.39, 0.29) is 11.9 Å². The van der Waals surface area contributed by atoms with Gasteiger partial charge in [0.15, 0.2) is 0 Å². The fourth-order valence-electron chi connectivity index (χ4n) is 3.69. The molecule has 0 bridgehead atoms. The van der Waals surface area contributed by atoms with Crippen LogP contribution in [0.1, 0.15) is 54.5 Å². The number of rotatable bonds is 6. The quantitative estimate of drug-likeness (QED) is 0.701. The molecule has 26 heavy (non-hydrogen) atoms. The zero-order valence-electron chi connectivity index (χ0n) is 16.3. The number of H-pyrrole nitrogens is 1. The Balaban J connectivity index is 1.73. The molecule has 5 heteroatoms. The lowest BCUT2D eigenvalue weighted by Gasteiger charge is -2.15. The summed E-state index contributed by atoms with van der Waals surface area (Å²) in [5.41, 5.74) is 6.07. The molecule has 1 aromatic carbocycles. The Bertz CT molecular complexity index is 935. The number of nitrogens with one attached hydrogen (secondary N) is 2. The zero-order chi connectivity index (χ0) is 18.8. The molecule has 0 aliphatic heterocycles. The fourth-order valence-corrected chi connectivity index (χ4v) is 3.69. The molecule has 0 saturated carbocycles. The summed E-state index contributed by atoms with van der Waals surface area (Å²) < 4.78 is 2.03. The third-order valence-corrected chi connectivity index (χ3v) is 5.14. The van der Waals surface area contributed by atoms with Crippen LogP contribution in [0.25, 0.3) is 10.9 Å². The number of benzene rings is 1. The van der Waals surface area contributed by atoms with Crippen LogP contribution in [0.2, 0.25) is 0 Å². The van der Waals surface area contributed by atoms with Gasteiger partial charge in [-0.3, -0.25) is 4.79 Å². The standard InChI is InChI=1S/C21H28N4O/c1-6-19-15(4)18-10-13(2)9-17(21(18)24-19)12-23-20(26)11-14(3)25-8-7-22-16(25)5/h7-10,14,24H,6,11-12H2,1-5H3,(H,23,26)/t14-/m1/s1. The normalized spacial score (nSPS) is 12.5. The molecule has 1 atom stereocenters. The fraction of sp³-hybridized carbons (Fsp3) is 0.429. The Morgan fingerprint density at radius 2 is 2.08 bits per heavy atom. The van der Waals surface area contributed by atoms with Crippen molar-refractivity contribution in [2.45, 2.75) is 60.0 Å². The van der Waals surface area contributed by atoms with Gasteiger partial charge in [-0.25, -0.2) is 4.98 Å². The highest BCUT2D eigenvalue weighted by atomic mass is 16.1. The number of aryl methyl sites for hydroxylation is 4. The molecule has 138 valence electrons. The van der Waals surface area contributed by atoms with E-state index in [0.717, 1.165) is 23.3 Å². The monoisotopic (exact) mass is 352 g/mol. The molecule has 0 aliphatic carbocycles. The van der Waals surface area contributed by atoms with Crippen LogP contribution in [0, 0.1) is 20.8 Å². The first-order valence-electron chi connectivity index (χ1n) is 9.27. The average Bonchev–Trinajstić information content (AvgIpc) is 3.16. The minimum Gasteiger partial charge on any atom is -0.358 e. The van der Waals surface area contributed by atoms with Crippen LogP contribution in [0.4, 0.5) is 0 Å². The third kappa shape index (κ3) is 3.52. The molecule has 1 amide bonds. The number of amides is 1. The second kappa shape index (κ2) is 7.36. The van der Waals surface area contributed by atoms with Crippen molar-refractivity contribution in [1.29, 1.82) is 0 Å². The van der Waals surface area contributed by atoms with E-state index in [0.29, 0.717) is 13.0 Å². The van der Waals surface area contributed by atoms with Gasteiger partial charge in [0.2, 0.25) is 5.91 Å². The maximum atomic E-state index is 12.4. The number of aromatic amines is 1. The Kier molecular flexibility index (Phi) is 5.16. The maximum absolute atomic E-state index is 12.4. The summed E-state index contributed by atoms with van der Waals surface area (Å²) in [6.07, 6.45) is 5.11. The summed E-state index contributed by atoms with van der Waals surface area (Å²) in [6.45, 7) is 11.0. The molecule has 2 aromatic heterocycles. The van der Waals surface area contributed by atoms with Gasteiger partial charge in [0.25, 0.3) is 0 Å². The summed E-state index contributed by atoms with van der Waals surface area (Å²) in [5, 5.41) is 4.34. The molecular weight excluding hydrogens is 324 g/mol. The molecular formula is C21H28N4O. The zero-order valence-corrected chi connectivity index (χ0v) is 16.3. The van der Waals surface area contributed by atoms with Crippen molar-refractivity contribution in [2.75, 3.05) is 0 Å². The Labute approximate surface area is 154 Å². The summed E-state index contributed by atoms with van der Waals surface area (Å²) in [6, 6.07) is 4.46. The molecule has 0 saturated heterocycles. The van der Waals surface area contributed by atoms with Gasteiger partial charge in [0.1, 0.15) is 5.82 Å². The molecule has 0 radical (unpaired) electrons. The second-order valence-electron chi connectivity index (χ2n) is 7.14. The van der Waals surface area contributed by atoms with Gasteiger partial charge in [-0.1, -0.05) is 18.6 Å². The summed E-state index contributed by atoms with van der Waals surface area (Å²) in [4.78, 5) is 20.2. The van der Waals surface area contributed by atoms with Gasteiger partial charge in [0.05, 0.1) is 5.52 Å². The SMILES string of the molecule is CCc1[nH]c2c(CNC(=O)C[C@@H](C)n3ccnc3C)cc(C)cc2c1C. The number of nitrogens with zero attached hydrogens (tertiary/aromatic N) is 2. The molecule has 2 heterocycles. The molecule has 3 aromatic rings. The van der Waals surface area contributed by atoms with Crippen LogP contribution in [0.3, 0.4) is 0 Å². The van der Waals surface area contributed by atoms with Gasteiger partial charge < -0.3 is 14.9 Å². The molecule has 2 N–H and O–H groups in total. The highest BCUT2D eigenvalue weighted by molar-refractivity contribution is 5.88.